The Balaban J connectivity index is 2.19. The third-order valence-corrected chi connectivity index (χ3v) is 3.39. The molecule has 0 aromatic carbocycles. The minimum atomic E-state index is -4.30. The van der Waals surface area contributed by atoms with Crippen LogP contribution in [-0.2, 0) is 4.74 Å². The normalized spacial score (nSPS) is 23.6. The van der Waals surface area contributed by atoms with Gasteiger partial charge in [0, 0.05) is 5.92 Å². The maximum atomic E-state index is 13.0. The molecule has 1 aromatic heterocycles. The van der Waals surface area contributed by atoms with Gasteiger partial charge in [0.15, 0.2) is 0 Å². The van der Waals surface area contributed by atoms with E-state index >= 15 is 0 Å². The Bertz CT molecular complexity index is 473. The summed E-state index contributed by atoms with van der Waals surface area (Å²) < 4.78 is 48.7. The molecule has 0 amide bonds. The second kappa shape index (κ2) is 5.80. The van der Waals surface area contributed by atoms with Crippen molar-refractivity contribution in [1.29, 1.82) is 0 Å². The Hall–Kier alpha value is -1.60. The molecule has 1 aliphatic rings. The maximum Gasteiger partial charge on any atom is 0.396 e. The predicted octanol–water partition coefficient (Wildman–Crippen LogP) is 3.08. The second-order valence-corrected chi connectivity index (χ2v) is 4.70. The van der Waals surface area contributed by atoms with Crippen LogP contribution in [-0.4, -0.2) is 28.9 Å². The van der Waals surface area contributed by atoms with Gasteiger partial charge in [-0.05, 0) is 19.8 Å². The second-order valence-electron chi connectivity index (χ2n) is 4.70. The van der Waals surface area contributed by atoms with Gasteiger partial charge in [0.1, 0.15) is 0 Å². The zero-order valence-corrected chi connectivity index (χ0v) is 10.9. The quantitative estimate of drug-likeness (QED) is 0.801. The number of hydrogen-bond acceptors (Lipinski definition) is 5. The molecular weight excluding hydrogens is 277 g/mol. The van der Waals surface area contributed by atoms with Crippen LogP contribution in [0.3, 0.4) is 0 Å². The van der Waals surface area contributed by atoms with Gasteiger partial charge in [0.2, 0.25) is 5.89 Å². The van der Waals surface area contributed by atoms with Crippen molar-refractivity contribution < 1.29 is 27.1 Å². The molecule has 1 heterocycles. The van der Waals surface area contributed by atoms with Crippen LogP contribution in [0, 0.1) is 5.92 Å². The highest BCUT2D eigenvalue weighted by atomic mass is 19.4. The lowest BCUT2D eigenvalue weighted by Gasteiger charge is -2.30. The first kappa shape index (κ1) is 14.8. The molecule has 8 heteroatoms. The van der Waals surface area contributed by atoms with E-state index < -0.39 is 29.9 Å². The Kier molecular flexibility index (Phi) is 4.29. The Labute approximate surface area is 113 Å². The first-order valence-corrected chi connectivity index (χ1v) is 6.50. The molecule has 1 aromatic rings. The van der Waals surface area contributed by atoms with Gasteiger partial charge in [-0.1, -0.05) is 12.8 Å². The lowest BCUT2D eigenvalue weighted by molar-refractivity contribution is -0.188. The van der Waals surface area contributed by atoms with Gasteiger partial charge in [-0.25, -0.2) is 4.79 Å². The number of carbonyl (C=O) groups excluding carboxylic acids is 1. The first-order chi connectivity index (χ1) is 9.43. The van der Waals surface area contributed by atoms with Gasteiger partial charge in [-0.2, -0.15) is 13.2 Å². The average Bonchev–Trinajstić information content (AvgIpc) is 2.87. The van der Waals surface area contributed by atoms with Gasteiger partial charge in [0.05, 0.1) is 12.5 Å². The van der Waals surface area contributed by atoms with E-state index in [0.717, 1.165) is 0 Å². The van der Waals surface area contributed by atoms with Gasteiger partial charge in [0.25, 0.3) is 0 Å². The fourth-order valence-corrected chi connectivity index (χ4v) is 2.48. The van der Waals surface area contributed by atoms with Crippen molar-refractivity contribution >= 4 is 5.97 Å². The third kappa shape index (κ3) is 3.10. The molecule has 0 saturated heterocycles. The molecule has 2 unspecified atom stereocenters. The van der Waals surface area contributed by atoms with Crippen molar-refractivity contribution in [3.05, 3.63) is 11.8 Å². The summed E-state index contributed by atoms with van der Waals surface area (Å²) in [6.45, 7) is 1.74. The zero-order chi connectivity index (χ0) is 14.8. The zero-order valence-electron chi connectivity index (χ0n) is 10.9. The van der Waals surface area contributed by atoms with Crippen molar-refractivity contribution in [2.45, 2.75) is 44.7 Å². The van der Waals surface area contributed by atoms with E-state index in [-0.39, 0.29) is 18.9 Å². The molecule has 0 aliphatic heterocycles. The topological polar surface area (TPSA) is 65.2 Å². The van der Waals surface area contributed by atoms with Crippen molar-refractivity contribution in [1.82, 2.24) is 10.2 Å². The molecule has 0 bridgehead atoms. The van der Waals surface area contributed by atoms with Crippen LogP contribution in [0.1, 0.15) is 55.1 Å². The fraction of sp³-hybridized carbons (Fsp3) is 0.750. The third-order valence-electron chi connectivity index (χ3n) is 3.39. The van der Waals surface area contributed by atoms with E-state index in [9.17, 15) is 18.0 Å². The van der Waals surface area contributed by atoms with Crippen molar-refractivity contribution in [2.75, 3.05) is 6.61 Å². The van der Waals surface area contributed by atoms with E-state index in [1.54, 1.807) is 6.92 Å². The van der Waals surface area contributed by atoms with Crippen LogP contribution in [0.15, 0.2) is 4.42 Å². The summed E-state index contributed by atoms with van der Waals surface area (Å²) in [4.78, 5) is 11.4. The Morgan fingerprint density at radius 2 is 2.05 bits per heavy atom. The molecule has 1 fully saturated rings. The summed E-state index contributed by atoms with van der Waals surface area (Å²) in [5.74, 6) is -3.71. The molecule has 1 aliphatic carbocycles. The molecule has 2 atom stereocenters. The van der Waals surface area contributed by atoms with Crippen molar-refractivity contribution in [2.24, 2.45) is 5.92 Å². The lowest BCUT2D eigenvalue weighted by Crippen LogP contribution is -2.31. The van der Waals surface area contributed by atoms with Gasteiger partial charge in [-0.3, -0.25) is 0 Å². The number of carbonyl (C=O) groups is 1. The van der Waals surface area contributed by atoms with Crippen LogP contribution in [0.4, 0.5) is 13.2 Å². The highest BCUT2D eigenvalue weighted by Crippen LogP contribution is 2.45. The van der Waals surface area contributed by atoms with Crippen LogP contribution >= 0.6 is 0 Å². The minimum Gasteiger partial charge on any atom is -0.459 e. The minimum absolute atomic E-state index is 0.0469. The molecule has 0 N–H and O–H groups in total. The monoisotopic (exact) mass is 292 g/mol. The number of hydrogen-bond donors (Lipinski definition) is 0. The van der Waals surface area contributed by atoms with Gasteiger partial charge >= 0.3 is 18.0 Å². The smallest absolute Gasteiger partial charge is 0.396 e. The van der Waals surface area contributed by atoms with E-state index in [1.165, 1.54) is 0 Å². The summed E-state index contributed by atoms with van der Waals surface area (Å²) in [6.07, 6.45) is -2.72. The molecular formula is C12H15F3N2O3. The van der Waals surface area contributed by atoms with Gasteiger partial charge < -0.3 is 9.15 Å². The van der Waals surface area contributed by atoms with E-state index in [4.69, 9.17) is 4.42 Å². The van der Waals surface area contributed by atoms with E-state index in [1.807, 2.05) is 0 Å². The van der Waals surface area contributed by atoms with Crippen LogP contribution in [0.2, 0.25) is 0 Å². The van der Waals surface area contributed by atoms with Crippen LogP contribution in [0.25, 0.3) is 0 Å². The van der Waals surface area contributed by atoms with Crippen molar-refractivity contribution in [3.63, 3.8) is 0 Å². The summed E-state index contributed by atoms with van der Waals surface area (Å²) in [6, 6.07) is 0. The first-order valence-electron chi connectivity index (χ1n) is 6.50. The molecule has 0 spiro atoms. The SMILES string of the molecule is CCOC(=O)c1nnc(C2CCCCC2C(F)(F)F)o1. The number of esters is 1. The molecule has 20 heavy (non-hydrogen) atoms. The fourth-order valence-electron chi connectivity index (χ4n) is 2.48. The number of alkyl halides is 3. The molecule has 112 valence electrons. The summed E-state index contributed by atoms with van der Waals surface area (Å²) in [5, 5.41) is 7.06. The summed E-state index contributed by atoms with van der Waals surface area (Å²) in [7, 11) is 0. The Morgan fingerprint density at radius 1 is 1.35 bits per heavy atom. The summed E-state index contributed by atoms with van der Waals surface area (Å²) >= 11 is 0. The standard InChI is InChI=1S/C12H15F3N2O3/c1-2-19-11(18)10-17-16-9(20-10)7-5-3-4-6-8(7)12(13,14)15/h7-8H,2-6H2,1H3. The number of rotatable bonds is 3. The average molecular weight is 292 g/mol. The Morgan fingerprint density at radius 3 is 2.70 bits per heavy atom. The largest absolute Gasteiger partial charge is 0.459 e. The molecule has 0 radical (unpaired) electrons. The molecule has 1 saturated carbocycles. The van der Waals surface area contributed by atoms with Gasteiger partial charge in [-0.15, -0.1) is 10.2 Å². The summed E-state index contributed by atoms with van der Waals surface area (Å²) in [5.41, 5.74) is 0. The lowest BCUT2D eigenvalue weighted by atomic mass is 9.79. The number of ether oxygens (including phenoxy) is 1. The van der Waals surface area contributed by atoms with E-state index in [2.05, 4.69) is 14.9 Å². The number of aromatic nitrogens is 2. The molecule has 2 rings (SSSR count). The number of halogens is 3. The van der Waals surface area contributed by atoms with E-state index in [0.29, 0.717) is 19.3 Å². The van der Waals surface area contributed by atoms with Crippen molar-refractivity contribution in [3.8, 4) is 0 Å². The highest BCUT2D eigenvalue weighted by molar-refractivity contribution is 5.83. The van der Waals surface area contributed by atoms with Crippen LogP contribution < -0.4 is 0 Å². The van der Waals surface area contributed by atoms with Crippen LogP contribution in [0.5, 0.6) is 0 Å². The predicted molar refractivity (Wildman–Crippen MR) is 61.0 cm³/mol. The molecule has 5 nitrogen and oxygen atoms in total. The number of nitrogens with zero attached hydrogens (tertiary/aromatic N) is 2. The maximum absolute atomic E-state index is 13.0. The highest BCUT2D eigenvalue weighted by Gasteiger charge is 2.48.